The topological polar surface area (TPSA) is 83.5 Å². The summed E-state index contributed by atoms with van der Waals surface area (Å²) in [5.41, 5.74) is 4.00. The summed E-state index contributed by atoms with van der Waals surface area (Å²) >= 11 is 0. The number of sulfonamides is 1. The van der Waals surface area contributed by atoms with E-state index in [0.29, 0.717) is 0 Å². The SMILES string of the molecule is CN(C(=O)[C@H](Cc1ccccc1)N(C)S(=O)(=O)/C=C/c1ccccc1)C(CCCc1cccnc1)CCCc1cccnc1. The van der Waals surface area contributed by atoms with Crippen molar-refractivity contribution in [2.45, 2.75) is 57.0 Å². The number of carbonyl (C=O) groups is 1. The van der Waals surface area contributed by atoms with E-state index in [0.717, 1.165) is 60.8 Å². The summed E-state index contributed by atoms with van der Waals surface area (Å²) in [6.45, 7) is 0. The van der Waals surface area contributed by atoms with Crippen molar-refractivity contribution < 1.29 is 13.2 Å². The zero-order chi connectivity index (χ0) is 31.2. The number of benzene rings is 2. The van der Waals surface area contributed by atoms with Crippen LogP contribution in [0.5, 0.6) is 0 Å². The van der Waals surface area contributed by atoms with Crippen LogP contribution >= 0.6 is 0 Å². The molecule has 2 aromatic heterocycles. The molecule has 0 spiro atoms. The molecule has 0 aliphatic carbocycles. The summed E-state index contributed by atoms with van der Waals surface area (Å²) in [5, 5.41) is 1.19. The van der Waals surface area contributed by atoms with E-state index in [4.69, 9.17) is 0 Å². The predicted molar refractivity (Wildman–Crippen MR) is 177 cm³/mol. The lowest BCUT2D eigenvalue weighted by molar-refractivity contribution is -0.136. The van der Waals surface area contributed by atoms with Gasteiger partial charge in [-0.25, -0.2) is 8.42 Å². The van der Waals surface area contributed by atoms with Gasteiger partial charge in [-0.15, -0.1) is 0 Å². The fraction of sp³-hybridized carbons (Fsp3) is 0.306. The zero-order valence-electron chi connectivity index (χ0n) is 25.6. The minimum absolute atomic E-state index is 0.0509. The smallest absolute Gasteiger partial charge is 0.241 e. The third-order valence-electron chi connectivity index (χ3n) is 7.98. The van der Waals surface area contributed by atoms with Crippen molar-refractivity contribution in [3.8, 4) is 0 Å². The highest BCUT2D eigenvalue weighted by Gasteiger charge is 2.34. The number of nitrogens with zero attached hydrogens (tertiary/aromatic N) is 4. The highest BCUT2D eigenvalue weighted by atomic mass is 32.2. The summed E-state index contributed by atoms with van der Waals surface area (Å²) in [7, 11) is -0.574. The third-order valence-corrected chi connectivity index (χ3v) is 9.51. The molecule has 1 atom stereocenters. The lowest BCUT2D eigenvalue weighted by Crippen LogP contribution is -2.51. The van der Waals surface area contributed by atoms with Crippen LogP contribution in [0, 0.1) is 0 Å². The molecule has 4 aromatic rings. The lowest BCUT2D eigenvalue weighted by Gasteiger charge is -2.34. The van der Waals surface area contributed by atoms with Gasteiger partial charge in [-0.2, -0.15) is 4.31 Å². The highest BCUT2D eigenvalue weighted by Crippen LogP contribution is 2.21. The summed E-state index contributed by atoms with van der Waals surface area (Å²) in [6.07, 6.45) is 14.2. The maximum Gasteiger partial charge on any atom is 0.241 e. The Morgan fingerprint density at radius 2 is 1.27 bits per heavy atom. The number of hydrogen-bond donors (Lipinski definition) is 0. The predicted octanol–water partition coefficient (Wildman–Crippen LogP) is 6.19. The Hall–Kier alpha value is -4.14. The molecule has 0 unspecified atom stereocenters. The van der Waals surface area contributed by atoms with Crippen molar-refractivity contribution in [1.29, 1.82) is 0 Å². The van der Waals surface area contributed by atoms with Gasteiger partial charge in [0.25, 0.3) is 0 Å². The Kier molecular flexibility index (Phi) is 12.4. The van der Waals surface area contributed by atoms with E-state index in [1.165, 1.54) is 16.8 Å². The Morgan fingerprint density at radius 1 is 0.750 bits per heavy atom. The molecule has 230 valence electrons. The Balaban J connectivity index is 1.54. The van der Waals surface area contributed by atoms with Gasteiger partial charge < -0.3 is 4.90 Å². The summed E-state index contributed by atoms with van der Waals surface area (Å²) in [6, 6.07) is 25.9. The number of amides is 1. The maximum atomic E-state index is 14.3. The van der Waals surface area contributed by atoms with Crippen molar-refractivity contribution in [2.24, 2.45) is 0 Å². The maximum absolute atomic E-state index is 14.3. The molecular formula is C36H42N4O3S. The molecule has 7 nitrogen and oxygen atoms in total. The van der Waals surface area contributed by atoms with E-state index in [9.17, 15) is 13.2 Å². The first kappa shape index (κ1) is 32.8. The fourth-order valence-corrected chi connectivity index (χ4v) is 6.37. The fourth-order valence-electron chi connectivity index (χ4n) is 5.33. The van der Waals surface area contributed by atoms with E-state index in [1.54, 1.807) is 23.4 Å². The van der Waals surface area contributed by atoms with Crippen LogP contribution in [0.1, 0.15) is 47.9 Å². The molecule has 0 aliphatic rings. The molecule has 0 saturated heterocycles. The number of pyridine rings is 2. The molecule has 0 saturated carbocycles. The minimum atomic E-state index is -3.90. The molecule has 2 heterocycles. The second kappa shape index (κ2) is 16.6. The van der Waals surface area contributed by atoms with Gasteiger partial charge in [-0.1, -0.05) is 72.8 Å². The molecule has 0 radical (unpaired) electrons. The van der Waals surface area contributed by atoms with Gasteiger partial charge in [0.1, 0.15) is 6.04 Å². The van der Waals surface area contributed by atoms with E-state index in [1.807, 2.05) is 92.2 Å². The van der Waals surface area contributed by atoms with Gasteiger partial charge in [-0.05, 0) is 85.4 Å². The first-order chi connectivity index (χ1) is 21.3. The molecule has 0 aliphatic heterocycles. The number of aromatic nitrogens is 2. The van der Waals surface area contributed by atoms with E-state index in [2.05, 4.69) is 22.1 Å². The first-order valence-electron chi connectivity index (χ1n) is 15.1. The molecule has 0 bridgehead atoms. The molecule has 0 fully saturated rings. The van der Waals surface area contributed by atoms with Crippen molar-refractivity contribution in [3.63, 3.8) is 0 Å². The molecular weight excluding hydrogens is 568 g/mol. The van der Waals surface area contributed by atoms with Crippen LogP contribution in [0.2, 0.25) is 0 Å². The summed E-state index contributed by atoms with van der Waals surface area (Å²) < 4.78 is 28.3. The summed E-state index contributed by atoms with van der Waals surface area (Å²) in [5.74, 6) is -0.208. The van der Waals surface area contributed by atoms with Crippen LogP contribution in [-0.2, 0) is 34.1 Å². The largest absolute Gasteiger partial charge is 0.341 e. The van der Waals surface area contributed by atoms with Crippen LogP contribution in [0.25, 0.3) is 6.08 Å². The normalized spacial score (nSPS) is 12.5. The lowest BCUT2D eigenvalue weighted by atomic mass is 9.97. The number of aryl methyl sites for hydroxylation is 2. The van der Waals surface area contributed by atoms with Crippen molar-refractivity contribution in [1.82, 2.24) is 19.2 Å². The van der Waals surface area contributed by atoms with E-state index >= 15 is 0 Å². The van der Waals surface area contributed by atoms with Crippen LogP contribution in [0.3, 0.4) is 0 Å². The van der Waals surface area contributed by atoms with Crippen LogP contribution in [-0.4, -0.2) is 59.7 Å². The minimum Gasteiger partial charge on any atom is -0.341 e. The Bertz CT molecular complexity index is 1510. The van der Waals surface area contributed by atoms with Crippen molar-refractivity contribution >= 4 is 22.0 Å². The average molecular weight is 611 g/mol. The number of carbonyl (C=O) groups excluding carboxylic acids is 1. The summed E-state index contributed by atoms with van der Waals surface area (Å²) in [4.78, 5) is 24.5. The molecule has 1 amide bonds. The molecule has 4 rings (SSSR count). The van der Waals surface area contributed by atoms with E-state index in [-0.39, 0.29) is 18.4 Å². The van der Waals surface area contributed by atoms with Crippen LogP contribution in [0.4, 0.5) is 0 Å². The molecule has 44 heavy (non-hydrogen) atoms. The standard InChI is InChI=1S/C36H42N4O3S/c1-39(34(21-9-17-32-19-11-24-37-28-32)22-10-18-33-20-12-25-38-29-33)36(41)35(27-31-15-7-4-8-16-31)40(2)44(42,43)26-23-30-13-5-3-6-14-30/h3-8,11-16,19-20,23-26,28-29,34-35H,9-10,17-18,21-22,27H2,1-2H3/b26-23+/t35-/m0/s1. The first-order valence-corrected chi connectivity index (χ1v) is 16.6. The van der Waals surface area contributed by atoms with Gasteiger partial charge in [0.15, 0.2) is 0 Å². The van der Waals surface area contributed by atoms with Crippen LogP contribution in [0.15, 0.2) is 115 Å². The third kappa shape index (κ3) is 9.96. The second-order valence-corrected chi connectivity index (χ2v) is 13.0. The number of likely N-dealkylation sites (N-methyl/N-ethyl adjacent to an activating group) is 2. The highest BCUT2D eigenvalue weighted by molar-refractivity contribution is 7.92. The van der Waals surface area contributed by atoms with Gasteiger partial charge >= 0.3 is 0 Å². The molecule has 2 aromatic carbocycles. The van der Waals surface area contributed by atoms with Gasteiger partial charge in [0.05, 0.1) is 0 Å². The number of rotatable bonds is 16. The van der Waals surface area contributed by atoms with Crippen molar-refractivity contribution in [3.05, 3.63) is 137 Å². The van der Waals surface area contributed by atoms with Gasteiger partial charge in [-0.3, -0.25) is 14.8 Å². The Labute approximate surface area is 262 Å². The average Bonchev–Trinajstić information content (AvgIpc) is 3.06. The molecule has 0 N–H and O–H groups in total. The van der Waals surface area contributed by atoms with E-state index < -0.39 is 16.1 Å². The van der Waals surface area contributed by atoms with Crippen molar-refractivity contribution in [2.75, 3.05) is 14.1 Å². The molecule has 8 heteroatoms. The second-order valence-electron chi connectivity index (χ2n) is 11.1. The zero-order valence-corrected chi connectivity index (χ0v) is 26.4. The van der Waals surface area contributed by atoms with Gasteiger partial charge in [0, 0.05) is 50.3 Å². The monoisotopic (exact) mass is 610 g/mol. The van der Waals surface area contributed by atoms with Crippen LogP contribution < -0.4 is 0 Å². The number of hydrogen-bond acceptors (Lipinski definition) is 5. The quantitative estimate of drug-likeness (QED) is 0.151. The Morgan fingerprint density at radius 3 is 1.80 bits per heavy atom. The van der Waals surface area contributed by atoms with Gasteiger partial charge in [0.2, 0.25) is 15.9 Å².